The third kappa shape index (κ3) is 17.6. The highest BCUT2D eigenvalue weighted by Crippen LogP contribution is 2.25. The first-order valence-electron chi connectivity index (χ1n) is 25.0. The molecule has 71 heavy (non-hydrogen) atoms. The summed E-state index contributed by atoms with van der Waals surface area (Å²) >= 11 is 11.6. The third-order valence-electron chi connectivity index (χ3n) is 12.8. The lowest BCUT2D eigenvalue weighted by Crippen LogP contribution is -2.34. The van der Waals surface area contributed by atoms with Gasteiger partial charge in [-0.25, -0.2) is 9.97 Å². The van der Waals surface area contributed by atoms with Gasteiger partial charge in [-0.3, -0.25) is 14.4 Å². The first kappa shape index (κ1) is 52.7. The van der Waals surface area contributed by atoms with Crippen LogP contribution in [0.25, 0.3) is 0 Å². The quantitative estimate of drug-likeness (QED) is 0.0589. The molecule has 6 N–H and O–H groups in total. The van der Waals surface area contributed by atoms with Gasteiger partial charge in [0.15, 0.2) is 0 Å². The monoisotopic (exact) mass is 996 g/mol. The highest BCUT2D eigenvalue weighted by atomic mass is 35.5. The minimum Gasteiger partial charge on any atom is -0.492 e. The smallest absolute Gasteiger partial charge is 0.274 e. The number of piperidine rings is 2. The van der Waals surface area contributed by atoms with Crippen molar-refractivity contribution in [3.8, 4) is 5.75 Å². The van der Waals surface area contributed by atoms with Crippen LogP contribution in [-0.2, 0) is 12.8 Å². The number of halogens is 2. The molecule has 2 unspecified atom stereocenters. The van der Waals surface area contributed by atoms with Gasteiger partial charge in [-0.1, -0.05) is 66.0 Å². The molecule has 2 aromatic heterocycles. The summed E-state index contributed by atoms with van der Waals surface area (Å²) in [6, 6.07) is 39.1. The van der Waals surface area contributed by atoms with Crippen LogP contribution in [0.15, 0.2) is 134 Å². The van der Waals surface area contributed by atoms with Crippen LogP contribution in [0.4, 0.5) is 17.1 Å². The van der Waals surface area contributed by atoms with E-state index in [4.69, 9.17) is 27.9 Å². The van der Waals surface area contributed by atoms with Crippen molar-refractivity contribution in [2.45, 2.75) is 95.6 Å². The summed E-state index contributed by atoms with van der Waals surface area (Å²) in [5.74, 6) is 0.664. The van der Waals surface area contributed by atoms with Gasteiger partial charge >= 0.3 is 0 Å². The van der Waals surface area contributed by atoms with E-state index in [1.165, 1.54) is 80.7 Å². The van der Waals surface area contributed by atoms with E-state index in [-0.39, 0.29) is 17.7 Å². The number of rotatable bonds is 15. The molecule has 0 saturated carbocycles. The second-order valence-corrected chi connectivity index (χ2v) is 19.0. The maximum Gasteiger partial charge on any atom is 0.274 e. The number of aryl methyl sites for hydroxylation is 2. The zero-order valence-electron chi connectivity index (χ0n) is 40.5. The van der Waals surface area contributed by atoms with Gasteiger partial charge in [0.05, 0.1) is 17.8 Å². The lowest BCUT2D eigenvalue weighted by molar-refractivity contribution is 0.101. The van der Waals surface area contributed by atoms with Gasteiger partial charge in [-0.15, -0.1) is 0 Å². The number of carbonyl (C=O) groups excluding carboxylic acids is 3. The fourth-order valence-electron chi connectivity index (χ4n) is 8.81. The Bertz CT molecular complexity index is 2550. The number of hydrogen-bond donors (Lipinski definition) is 6. The zero-order valence-corrected chi connectivity index (χ0v) is 42.0. The van der Waals surface area contributed by atoms with Crippen LogP contribution in [0, 0.1) is 0 Å². The van der Waals surface area contributed by atoms with Crippen molar-refractivity contribution in [1.29, 1.82) is 0 Å². The second kappa shape index (κ2) is 28.0. The molecular weight excluding hydrogens is 932 g/mol. The summed E-state index contributed by atoms with van der Waals surface area (Å²) in [7, 11) is 0. The average molecular weight is 998 g/mol. The van der Waals surface area contributed by atoms with Gasteiger partial charge in [0.1, 0.15) is 17.1 Å². The summed E-state index contributed by atoms with van der Waals surface area (Å²) in [5, 5.41) is 20.3. The van der Waals surface area contributed by atoms with Crippen LogP contribution in [0.5, 0.6) is 5.75 Å². The third-order valence-corrected chi connectivity index (χ3v) is 13.3. The van der Waals surface area contributed by atoms with Gasteiger partial charge in [-0.05, 0) is 198 Å². The largest absolute Gasteiger partial charge is 0.492 e. The van der Waals surface area contributed by atoms with Crippen LogP contribution in [0.1, 0.15) is 119 Å². The van der Waals surface area contributed by atoms with Gasteiger partial charge in [0.25, 0.3) is 17.7 Å². The molecule has 6 aromatic rings. The fourth-order valence-corrected chi connectivity index (χ4v) is 9.05. The maximum atomic E-state index is 12.2. The van der Waals surface area contributed by atoms with E-state index in [9.17, 15) is 14.4 Å². The second-order valence-electron chi connectivity index (χ2n) is 18.1. The molecule has 3 saturated heterocycles. The molecule has 5 heterocycles. The number of benzene rings is 4. The number of amides is 3. The van der Waals surface area contributed by atoms with Gasteiger partial charge < -0.3 is 36.6 Å². The summed E-state index contributed by atoms with van der Waals surface area (Å²) in [4.78, 5) is 44.7. The number of nitrogens with one attached hydrogen (secondary N) is 6. The average Bonchev–Trinajstić information content (AvgIpc) is 3.94. The van der Waals surface area contributed by atoms with E-state index in [1.54, 1.807) is 54.7 Å². The first-order valence-corrected chi connectivity index (χ1v) is 25.8. The lowest BCUT2D eigenvalue weighted by atomic mass is 9.92. The van der Waals surface area contributed by atoms with E-state index in [1.807, 2.05) is 43.3 Å². The van der Waals surface area contributed by atoms with E-state index < -0.39 is 0 Å². The molecule has 14 heteroatoms. The molecule has 9 rings (SSSR count). The molecule has 0 aliphatic carbocycles. The molecule has 0 bridgehead atoms. The van der Waals surface area contributed by atoms with Crippen molar-refractivity contribution in [2.75, 3.05) is 48.7 Å². The SMILES string of the molecule is CCOc1ccc(C(=O)Nc2ccc(CCC3CCCN3)cc2)nc1.O=C(Nc1ccc(CCC2CCCCN2)cc1)c1ccc(Cl)cc1.O=C(Nc1ccc([C@@H]2CCCNC2)cc1)c1ccc(Cl)cn1. The van der Waals surface area contributed by atoms with Crippen molar-refractivity contribution in [3.05, 3.63) is 177 Å². The Labute approximate surface area is 428 Å². The maximum absolute atomic E-state index is 12.2. The fraction of sp³-hybridized carbons (Fsp3) is 0.351. The Balaban J connectivity index is 0.000000157. The molecule has 0 spiro atoms. The number of aromatic nitrogens is 2. The summed E-state index contributed by atoms with van der Waals surface area (Å²) < 4.78 is 5.33. The minimum atomic E-state index is -0.233. The highest BCUT2D eigenvalue weighted by Gasteiger charge is 2.17. The Morgan fingerprint density at radius 3 is 1.56 bits per heavy atom. The molecule has 3 fully saturated rings. The van der Waals surface area contributed by atoms with Crippen molar-refractivity contribution in [1.82, 2.24) is 25.9 Å². The molecule has 3 amide bonds. The zero-order chi connectivity index (χ0) is 49.6. The van der Waals surface area contributed by atoms with Gasteiger partial charge in [0, 0.05) is 52.5 Å². The number of carbonyl (C=O) groups is 3. The van der Waals surface area contributed by atoms with Crippen LogP contribution in [-0.4, -0.2) is 72.6 Å². The normalized spacial score (nSPS) is 17.3. The van der Waals surface area contributed by atoms with Crippen molar-refractivity contribution < 1.29 is 19.1 Å². The van der Waals surface area contributed by atoms with E-state index in [0.29, 0.717) is 57.4 Å². The molecule has 3 aliphatic heterocycles. The Kier molecular flexibility index (Phi) is 20.8. The number of nitrogens with zero attached hydrogens (tertiary/aromatic N) is 2. The molecule has 3 aliphatic rings. The van der Waals surface area contributed by atoms with E-state index in [2.05, 4.69) is 78.3 Å². The Hall–Kier alpha value is -6.15. The molecule has 3 atom stereocenters. The predicted octanol–water partition coefficient (Wildman–Crippen LogP) is 11.5. The van der Waals surface area contributed by atoms with Gasteiger partial charge in [0.2, 0.25) is 0 Å². The number of hydrogen-bond acceptors (Lipinski definition) is 9. The van der Waals surface area contributed by atoms with E-state index >= 15 is 0 Å². The topological polar surface area (TPSA) is 158 Å². The molecule has 4 aromatic carbocycles. The van der Waals surface area contributed by atoms with Crippen LogP contribution < -0.4 is 36.6 Å². The highest BCUT2D eigenvalue weighted by molar-refractivity contribution is 6.31. The van der Waals surface area contributed by atoms with Gasteiger partial charge in [-0.2, -0.15) is 0 Å². The standard InChI is InChI=1S/C20H23ClN2O.C20H25N3O2.C17H18ClN3O/c21-17-9-7-16(8-10-17)20(24)23-19-12-5-15(6-13-19)4-11-18-3-1-2-14-22-18;1-2-25-18-11-12-19(22-14-18)20(24)23-17-9-6-15(7-10-17)5-8-16-4-3-13-21-16;18-14-5-8-16(20-11-14)17(22)21-15-6-3-12(4-7-15)13-2-1-9-19-10-13/h5-10,12-13,18,22H,1-4,11,14H2,(H,23,24);6-7,9-12,14,16,21H,2-5,8,13H2,1H3,(H,23,24);3-8,11,13,19H,1-2,9-10H2,(H,21,22)/t;;13-/m..1/s1. The lowest BCUT2D eigenvalue weighted by Gasteiger charge is -2.23. The molecular formula is C57H66Cl2N8O4. The van der Waals surface area contributed by atoms with Crippen molar-refractivity contribution in [2.24, 2.45) is 0 Å². The number of ether oxygens (including phenoxy) is 1. The number of anilines is 3. The molecule has 372 valence electrons. The number of pyridine rings is 2. The first-order chi connectivity index (χ1) is 34.7. The predicted molar refractivity (Wildman–Crippen MR) is 287 cm³/mol. The Morgan fingerprint density at radius 2 is 1.08 bits per heavy atom. The van der Waals surface area contributed by atoms with Crippen molar-refractivity contribution >= 4 is 58.0 Å². The van der Waals surface area contributed by atoms with Crippen molar-refractivity contribution in [3.63, 3.8) is 0 Å². The molecule has 0 radical (unpaired) electrons. The molecule has 12 nitrogen and oxygen atoms in total. The summed E-state index contributed by atoms with van der Waals surface area (Å²) in [5.41, 5.74) is 7.62. The Morgan fingerprint density at radius 1 is 0.563 bits per heavy atom. The van der Waals surface area contributed by atoms with Crippen LogP contribution in [0.3, 0.4) is 0 Å². The minimum absolute atomic E-state index is 0.120. The summed E-state index contributed by atoms with van der Waals surface area (Å²) in [6.45, 7) is 6.93. The summed E-state index contributed by atoms with van der Waals surface area (Å²) in [6.07, 6.45) is 16.4. The van der Waals surface area contributed by atoms with Crippen LogP contribution in [0.2, 0.25) is 10.0 Å². The van der Waals surface area contributed by atoms with E-state index in [0.717, 1.165) is 56.1 Å². The van der Waals surface area contributed by atoms with Crippen LogP contribution >= 0.6 is 23.2 Å².